The second kappa shape index (κ2) is 8.23. The third kappa shape index (κ3) is 4.14. The zero-order valence-corrected chi connectivity index (χ0v) is 16.3. The number of nitrogens with zero attached hydrogens (tertiary/aromatic N) is 2. The molecular formula is C23H29N3O2. The third-order valence-corrected chi connectivity index (χ3v) is 6.14. The van der Waals surface area contributed by atoms with Gasteiger partial charge in [0.15, 0.2) is 0 Å². The Hall–Kier alpha value is -2.53. The molecule has 28 heavy (non-hydrogen) atoms. The van der Waals surface area contributed by atoms with Crippen molar-refractivity contribution in [3.8, 4) is 0 Å². The van der Waals surface area contributed by atoms with E-state index in [0.29, 0.717) is 38.4 Å². The highest BCUT2D eigenvalue weighted by atomic mass is 16.3. The van der Waals surface area contributed by atoms with E-state index in [0.717, 1.165) is 25.1 Å². The van der Waals surface area contributed by atoms with Crippen molar-refractivity contribution in [2.45, 2.75) is 24.9 Å². The van der Waals surface area contributed by atoms with Crippen LogP contribution in [0.1, 0.15) is 24.8 Å². The number of carbonyl (C=O) groups is 1. The van der Waals surface area contributed by atoms with E-state index < -0.39 is 5.60 Å². The first-order valence-corrected chi connectivity index (χ1v) is 10.2. The maximum atomic E-state index is 12.6. The van der Waals surface area contributed by atoms with Crippen LogP contribution in [-0.2, 0) is 5.60 Å². The van der Waals surface area contributed by atoms with Gasteiger partial charge in [0, 0.05) is 38.4 Å². The Morgan fingerprint density at radius 3 is 2.32 bits per heavy atom. The van der Waals surface area contributed by atoms with E-state index in [2.05, 4.69) is 34.5 Å². The number of nitrogens with one attached hydrogen (secondary N) is 1. The van der Waals surface area contributed by atoms with Gasteiger partial charge in [0.1, 0.15) is 0 Å². The van der Waals surface area contributed by atoms with Crippen LogP contribution in [0.25, 0.3) is 0 Å². The average molecular weight is 380 g/mol. The van der Waals surface area contributed by atoms with Crippen LogP contribution in [0.3, 0.4) is 0 Å². The molecule has 2 fully saturated rings. The van der Waals surface area contributed by atoms with Crippen molar-refractivity contribution in [3.05, 3.63) is 66.2 Å². The Morgan fingerprint density at radius 1 is 1.00 bits per heavy atom. The number of para-hydroxylation sites is 1. The number of urea groups is 1. The highest BCUT2D eigenvalue weighted by Crippen LogP contribution is 2.32. The molecule has 2 aliphatic heterocycles. The van der Waals surface area contributed by atoms with E-state index in [1.165, 1.54) is 5.69 Å². The normalized spacial score (nSPS) is 21.5. The summed E-state index contributed by atoms with van der Waals surface area (Å²) in [5.41, 5.74) is 1.38. The number of likely N-dealkylation sites (tertiary alicyclic amines) is 1. The monoisotopic (exact) mass is 379 g/mol. The summed E-state index contributed by atoms with van der Waals surface area (Å²) < 4.78 is 0. The van der Waals surface area contributed by atoms with Crippen molar-refractivity contribution in [1.29, 1.82) is 0 Å². The quantitative estimate of drug-likeness (QED) is 0.858. The van der Waals surface area contributed by atoms with Crippen LogP contribution in [0.15, 0.2) is 60.7 Å². The predicted octanol–water partition coefficient (Wildman–Crippen LogP) is 3.21. The number of piperidine rings is 1. The third-order valence-electron chi connectivity index (χ3n) is 6.14. The molecule has 2 amide bonds. The number of amides is 2. The molecule has 0 aromatic heterocycles. The zero-order chi connectivity index (χ0) is 19.4. The van der Waals surface area contributed by atoms with Gasteiger partial charge in [-0.2, -0.15) is 0 Å². The van der Waals surface area contributed by atoms with E-state index in [9.17, 15) is 9.90 Å². The van der Waals surface area contributed by atoms with Gasteiger partial charge in [-0.25, -0.2) is 4.79 Å². The first-order valence-electron chi connectivity index (χ1n) is 10.2. The molecule has 4 rings (SSSR count). The summed E-state index contributed by atoms with van der Waals surface area (Å²) in [6.45, 7) is 3.90. The fourth-order valence-corrected chi connectivity index (χ4v) is 4.33. The molecule has 0 spiro atoms. The van der Waals surface area contributed by atoms with Crippen LogP contribution >= 0.6 is 0 Å². The Bertz CT molecular complexity index is 773. The second-order valence-corrected chi connectivity index (χ2v) is 8.01. The fourth-order valence-electron chi connectivity index (χ4n) is 4.33. The molecular weight excluding hydrogens is 350 g/mol. The topological polar surface area (TPSA) is 55.8 Å². The van der Waals surface area contributed by atoms with Crippen molar-refractivity contribution < 1.29 is 9.90 Å². The molecule has 2 saturated heterocycles. The minimum absolute atomic E-state index is 0.00623. The minimum atomic E-state index is -0.820. The van der Waals surface area contributed by atoms with Gasteiger partial charge in [-0.1, -0.05) is 48.5 Å². The maximum absolute atomic E-state index is 12.6. The second-order valence-electron chi connectivity index (χ2n) is 8.01. The van der Waals surface area contributed by atoms with Crippen LogP contribution in [0, 0.1) is 5.92 Å². The number of benzene rings is 2. The van der Waals surface area contributed by atoms with Crippen molar-refractivity contribution >= 4 is 11.7 Å². The van der Waals surface area contributed by atoms with E-state index >= 15 is 0 Å². The van der Waals surface area contributed by atoms with E-state index in [4.69, 9.17) is 0 Å². The standard InChI is InChI=1S/C23H29N3O2/c27-22(24-17-19-11-14-26(18-19)21-9-5-2-6-10-21)25-15-12-23(28,13-16-25)20-7-3-1-4-8-20/h1-10,19,28H,11-18H2,(H,24,27)/t19-/m0/s1. The number of rotatable bonds is 4. The van der Waals surface area contributed by atoms with Gasteiger partial charge >= 0.3 is 6.03 Å². The molecule has 0 saturated carbocycles. The molecule has 2 N–H and O–H groups in total. The highest BCUT2D eigenvalue weighted by Gasteiger charge is 2.35. The van der Waals surface area contributed by atoms with E-state index in [1.54, 1.807) is 0 Å². The van der Waals surface area contributed by atoms with E-state index in [1.807, 2.05) is 41.3 Å². The lowest BCUT2D eigenvalue weighted by Gasteiger charge is -2.38. The molecule has 1 atom stereocenters. The van der Waals surface area contributed by atoms with Gasteiger partial charge in [0.05, 0.1) is 5.60 Å². The summed E-state index contributed by atoms with van der Waals surface area (Å²) in [5, 5.41) is 14.0. The predicted molar refractivity (Wildman–Crippen MR) is 111 cm³/mol. The SMILES string of the molecule is O=C(NC[C@@H]1CCN(c2ccccc2)C1)N1CCC(O)(c2ccccc2)CC1. The van der Waals surface area contributed by atoms with Gasteiger partial charge in [-0.15, -0.1) is 0 Å². The first kappa shape index (κ1) is 18.8. The van der Waals surface area contributed by atoms with Gasteiger partial charge in [0.2, 0.25) is 0 Å². The van der Waals surface area contributed by atoms with E-state index in [-0.39, 0.29) is 6.03 Å². The van der Waals surface area contributed by atoms with Crippen molar-refractivity contribution in [2.24, 2.45) is 5.92 Å². The molecule has 5 nitrogen and oxygen atoms in total. The first-order chi connectivity index (χ1) is 13.6. The minimum Gasteiger partial charge on any atom is -0.385 e. The molecule has 5 heteroatoms. The van der Waals surface area contributed by atoms with Crippen LogP contribution < -0.4 is 10.2 Å². The lowest BCUT2D eigenvalue weighted by atomic mass is 9.84. The smallest absolute Gasteiger partial charge is 0.317 e. The lowest BCUT2D eigenvalue weighted by molar-refractivity contribution is -0.0168. The summed E-state index contributed by atoms with van der Waals surface area (Å²) >= 11 is 0. The summed E-state index contributed by atoms with van der Waals surface area (Å²) in [7, 11) is 0. The molecule has 0 radical (unpaired) electrons. The molecule has 2 heterocycles. The van der Waals surface area contributed by atoms with Crippen LogP contribution in [0.4, 0.5) is 10.5 Å². The molecule has 0 aliphatic carbocycles. The van der Waals surface area contributed by atoms with Gasteiger partial charge < -0.3 is 20.2 Å². The summed E-state index contributed by atoms with van der Waals surface area (Å²) in [4.78, 5) is 16.8. The highest BCUT2D eigenvalue weighted by molar-refractivity contribution is 5.74. The Balaban J connectivity index is 1.23. The largest absolute Gasteiger partial charge is 0.385 e. The molecule has 2 aromatic rings. The van der Waals surface area contributed by atoms with Crippen molar-refractivity contribution in [2.75, 3.05) is 37.6 Å². The summed E-state index contributed by atoms with van der Waals surface area (Å²) in [6.07, 6.45) is 2.26. The molecule has 148 valence electrons. The number of carbonyl (C=O) groups excluding carboxylic acids is 1. The number of hydrogen-bond acceptors (Lipinski definition) is 3. The zero-order valence-electron chi connectivity index (χ0n) is 16.3. The van der Waals surface area contributed by atoms with Crippen LogP contribution in [0.5, 0.6) is 0 Å². The fraction of sp³-hybridized carbons (Fsp3) is 0.435. The summed E-state index contributed by atoms with van der Waals surface area (Å²) in [6, 6.07) is 20.2. The Kier molecular flexibility index (Phi) is 5.53. The molecule has 0 bridgehead atoms. The lowest BCUT2D eigenvalue weighted by Crippen LogP contribution is -2.49. The van der Waals surface area contributed by atoms with Crippen LogP contribution in [-0.4, -0.2) is 48.8 Å². The summed E-state index contributed by atoms with van der Waals surface area (Å²) in [5.74, 6) is 0.482. The van der Waals surface area contributed by atoms with Crippen LogP contribution in [0.2, 0.25) is 0 Å². The Labute approximate surface area is 167 Å². The average Bonchev–Trinajstić information content (AvgIpc) is 3.23. The number of hydrogen-bond donors (Lipinski definition) is 2. The van der Waals surface area contributed by atoms with Gasteiger partial charge in [-0.3, -0.25) is 0 Å². The Morgan fingerprint density at radius 2 is 1.64 bits per heavy atom. The van der Waals surface area contributed by atoms with Gasteiger partial charge in [0.25, 0.3) is 0 Å². The molecule has 2 aromatic carbocycles. The molecule has 2 aliphatic rings. The number of aliphatic hydroxyl groups is 1. The van der Waals surface area contributed by atoms with Crippen molar-refractivity contribution in [3.63, 3.8) is 0 Å². The number of anilines is 1. The van der Waals surface area contributed by atoms with Gasteiger partial charge in [-0.05, 0) is 42.9 Å². The molecule has 0 unspecified atom stereocenters. The van der Waals surface area contributed by atoms with Crippen molar-refractivity contribution in [1.82, 2.24) is 10.2 Å². The maximum Gasteiger partial charge on any atom is 0.317 e.